The maximum Gasteiger partial charge on any atom is 0.343 e. The Hall–Kier alpha value is -4.32. The quantitative estimate of drug-likeness (QED) is 0.281. The van der Waals surface area contributed by atoms with Crippen LogP contribution in [0.2, 0.25) is 0 Å². The Morgan fingerprint density at radius 1 is 0.895 bits per heavy atom. The molecule has 0 spiro atoms. The van der Waals surface area contributed by atoms with Crippen molar-refractivity contribution < 1.29 is 38.0 Å². The zero-order valence-corrected chi connectivity index (χ0v) is 22.8. The monoisotopic (exact) mass is 585 g/mol. The van der Waals surface area contributed by atoms with Gasteiger partial charge in [-0.05, 0) is 52.3 Å². The third kappa shape index (κ3) is 5.35. The molecule has 1 amide bonds. The van der Waals surface area contributed by atoms with Crippen LogP contribution in [0.25, 0.3) is 0 Å². The number of aromatic nitrogens is 1. The number of methoxy groups -OCH3 is 4. The summed E-state index contributed by atoms with van der Waals surface area (Å²) in [4.78, 5) is 29.4. The van der Waals surface area contributed by atoms with Crippen LogP contribution in [-0.2, 0) is 9.53 Å². The van der Waals surface area contributed by atoms with Crippen molar-refractivity contribution in [1.29, 1.82) is 0 Å². The highest BCUT2D eigenvalue weighted by Gasteiger charge is 2.34. The number of ether oxygens (including phenoxy) is 6. The molecule has 2 aromatic carbocycles. The number of pyridine rings is 1. The molecular weight excluding hydrogens is 562 g/mol. The van der Waals surface area contributed by atoms with Crippen LogP contribution in [0.15, 0.2) is 58.4 Å². The van der Waals surface area contributed by atoms with Crippen molar-refractivity contribution in [3.8, 4) is 28.7 Å². The molecule has 0 aliphatic carbocycles. The van der Waals surface area contributed by atoms with Gasteiger partial charge in [0.15, 0.2) is 23.0 Å². The zero-order valence-electron chi connectivity index (χ0n) is 21.2. The molecule has 1 aliphatic rings. The number of hydrogen-bond acceptors (Lipinski definition) is 10. The van der Waals surface area contributed by atoms with Gasteiger partial charge in [-0.15, -0.1) is 5.10 Å². The molecule has 0 fully saturated rings. The summed E-state index contributed by atoms with van der Waals surface area (Å²) < 4.78 is 33.7. The van der Waals surface area contributed by atoms with Crippen LogP contribution in [0.3, 0.4) is 0 Å². The van der Waals surface area contributed by atoms with Gasteiger partial charge in [0.05, 0.1) is 34.0 Å². The summed E-state index contributed by atoms with van der Waals surface area (Å²) in [6.07, 6.45) is 2.42. The summed E-state index contributed by atoms with van der Waals surface area (Å²) in [5, 5.41) is 5.57. The lowest BCUT2D eigenvalue weighted by atomic mass is 10.1. The molecule has 1 aliphatic heterocycles. The van der Waals surface area contributed by atoms with E-state index in [1.54, 1.807) is 36.7 Å². The van der Waals surface area contributed by atoms with Gasteiger partial charge in [0.1, 0.15) is 0 Å². The summed E-state index contributed by atoms with van der Waals surface area (Å²) in [5.41, 5.74) is 1.32. The fourth-order valence-corrected chi connectivity index (χ4v) is 4.09. The van der Waals surface area contributed by atoms with Gasteiger partial charge in [0, 0.05) is 34.9 Å². The van der Waals surface area contributed by atoms with Gasteiger partial charge < -0.3 is 28.4 Å². The minimum absolute atomic E-state index is 0.157. The molecule has 4 rings (SSSR count). The Morgan fingerprint density at radius 2 is 1.58 bits per heavy atom. The SMILES string of the molecule is COc1cc(C2=NN(C(C)=O)[C@H](c3cncc(Br)c3)O2)ccc1OC(=O)c1cc(OC)c(OC)c(OC)c1. The Balaban J connectivity index is 1.60. The number of esters is 1. The topological polar surface area (TPSA) is 118 Å². The van der Waals surface area contributed by atoms with Crippen molar-refractivity contribution in [3.05, 3.63) is 70.0 Å². The maximum atomic E-state index is 13.0. The minimum atomic E-state index is -0.795. The first-order chi connectivity index (χ1) is 18.3. The maximum absolute atomic E-state index is 13.0. The van der Waals surface area contributed by atoms with Crippen LogP contribution < -0.4 is 23.7 Å². The van der Waals surface area contributed by atoms with Crippen molar-refractivity contribution in [2.24, 2.45) is 5.10 Å². The number of benzene rings is 2. The summed E-state index contributed by atoms with van der Waals surface area (Å²) >= 11 is 3.38. The number of nitrogens with zero attached hydrogens (tertiary/aromatic N) is 3. The summed E-state index contributed by atoms with van der Waals surface area (Å²) in [5.74, 6) is 0.572. The smallest absolute Gasteiger partial charge is 0.343 e. The van der Waals surface area contributed by atoms with Gasteiger partial charge in [-0.2, -0.15) is 5.01 Å². The largest absolute Gasteiger partial charge is 0.493 e. The van der Waals surface area contributed by atoms with E-state index in [1.165, 1.54) is 52.5 Å². The molecule has 2 heterocycles. The molecular formula is C26H24BrN3O8. The minimum Gasteiger partial charge on any atom is -0.493 e. The molecule has 3 aromatic rings. The second-order valence-electron chi connectivity index (χ2n) is 7.84. The van der Waals surface area contributed by atoms with E-state index >= 15 is 0 Å². The summed E-state index contributed by atoms with van der Waals surface area (Å²) in [7, 11) is 5.81. The third-order valence-corrected chi connectivity index (χ3v) is 5.93. The molecule has 12 heteroatoms. The first-order valence-electron chi connectivity index (χ1n) is 11.2. The number of amides is 1. The molecule has 0 N–H and O–H groups in total. The molecule has 0 bridgehead atoms. The Labute approximate surface area is 227 Å². The van der Waals surface area contributed by atoms with Crippen LogP contribution in [0.4, 0.5) is 0 Å². The van der Waals surface area contributed by atoms with Crippen molar-refractivity contribution in [2.45, 2.75) is 13.2 Å². The van der Waals surface area contributed by atoms with Crippen LogP contribution in [0.1, 0.15) is 34.6 Å². The van der Waals surface area contributed by atoms with Gasteiger partial charge >= 0.3 is 5.97 Å². The van der Waals surface area contributed by atoms with E-state index in [4.69, 9.17) is 28.4 Å². The van der Waals surface area contributed by atoms with Crippen molar-refractivity contribution in [3.63, 3.8) is 0 Å². The fourth-order valence-electron chi connectivity index (χ4n) is 3.71. The molecule has 1 atom stereocenters. The second-order valence-corrected chi connectivity index (χ2v) is 8.76. The van der Waals surface area contributed by atoms with E-state index < -0.39 is 12.2 Å². The molecule has 0 saturated heterocycles. The molecule has 0 saturated carbocycles. The van der Waals surface area contributed by atoms with E-state index in [-0.39, 0.29) is 28.9 Å². The molecule has 11 nitrogen and oxygen atoms in total. The van der Waals surface area contributed by atoms with Crippen LogP contribution >= 0.6 is 15.9 Å². The summed E-state index contributed by atoms with van der Waals surface area (Å²) in [6, 6.07) is 9.54. The average molecular weight is 586 g/mol. The number of hydrogen-bond donors (Lipinski definition) is 0. The predicted octanol–water partition coefficient (Wildman–Crippen LogP) is 4.34. The Kier molecular flexibility index (Phi) is 8.01. The van der Waals surface area contributed by atoms with E-state index in [2.05, 4.69) is 26.0 Å². The van der Waals surface area contributed by atoms with Crippen molar-refractivity contribution >= 4 is 33.7 Å². The van der Waals surface area contributed by atoms with Gasteiger partial charge in [0.25, 0.3) is 0 Å². The van der Waals surface area contributed by atoms with Crippen molar-refractivity contribution in [2.75, 3.05) is 28.4 Å². The number of carbonyl (C=O) groups is 2. The molecule has 1 aromatic heterocycles. The van der Waals surface area contributed by atoms with E-state index in [0.29, 0.717) is 28.4 Å². The van der Waals surface area contributed by atoms with Crippen LogP contribution in [0.5, 0.6) is 28.7 Å². The van der Waals surface area contributed by atoms with Crippen molar-refractivity contribution in [1.82, 2.24) is 9.99 Å². The Bertz CT molecular complexity index is 1390. The Morgan fingerprint density at radius 3 is 2.16 bits per heavy atom. The first kappa shape index (κ1) is 26.7. The van der Waals surface area contributed by atoms with Gasteiger partial charge in [-0.1, -0.05) is 0 Å². The zero-order chi connectivity index (χ0) is 27.4. The van der Waals surface area contributed by atoms with Gasteiger partial charge in [-0.25, -0.2) is 4.79 Å². The normalized spacial score (nSPS) is 14.3. The van der Waals surface area contributed by atoms with Crippen LogP contribution in [0, 0.1) is 0 Å². The lowest BCUT2D eigenvalue weighted by Crippen LogP contribution is -2.25. The third-order valence-electron chi connectivity index (χ3n) is 5.49. The van der Waals surface area contributed by atoms with E-state index in [9.17, 15) is 9.59 Å². The second kappa shape index (κ2) is 11.4. The number of halogens is 1. The van der Waals surface area contributed by atoms with Gasteiger partial charge in [0.2, 0.25) is 23.8 Å². The summed E-state index contributed by atoms with van der Waals surface area (Å²) in [6.45, 7) is 1.39. The lowest BCUT2D eigenvalue weighted by molar-refractivity contribution is -0.135. The highest BCUT2D eigenvalue weighted by atomic mass is 79.9. The number of hydrazone groups is 1. The van der Waals surface area contributed by atoms with E-state index in [1.807, 2.05) is 0 Å². The molecule has 0 radical (unpaired) electrons. The van der Waals surface area contributed by atoms with E-state index in [0.717, 1.165) is 4.47 Å². The highest BCUT2D eigenvalue weighted by molar-refractivity contribution is 9.10. The van der Waals surface area contributed by atoms with Gasteiger partial charge in [-0.3, -0.25) is 9.78 Å². The number of carbonyl (C=O) groups excluding carboxylic acids is 2. The average Bonchev–Trinajstić information content (AvgIpc) is 3.38. The standard InChI is InChI=1S/C26H24BrN3O8/c1-14(31)30-25(17-8-18(27)13-28-12-17)38-24(29-30)15-6-7-19(20(9-15)33-2)37-26(32)16-10-21(34-3)23(36-5)22(11-16)35-4/h6-13,25H,1-5H3/t25-/m0/s1. The highest BCUT2D eigenvalue weighted by Crippen LogP contribution is 2.39. The lowest BCUT2D eigenvalue weighted by Gasteiger charge is -2.19. The fraction of sp³-hybridized carbons (Fsp3) is 0.231. The molecule has 38 heavy (non-hydrogen) atoms. The molecule has 198 valence electrons. The first-order valence-corrected chi connectivity index (χ1v) is 11.9. The predicted molar refractivity (Wildman–Crippen MR) is 139 cm³/mol. The number of rotatable bonds is 8. The molecule has 0 unspecified atom stereocenters. The van der Waals surface area contributed by atoms with Crippen LogP contribution in [-0.4, -0.2) is 56.2 Å².